The predicted octanol–water partition coefficient (Wildman–Crippen LogP) is 4.90. The molecule has 1 aromatic heterocycles. The Balaban J connectivity index is 1.47. The zero-order valence-corrected chi connectivity index (χ0v) is 17.4. The second-order valence-corrected chi connectivity index (χ2v) is 8.77. The summed E-state index contributed by atoms with van der Waals surface area (Å²) in [6.07, 6.45) is 3.93. The summed E-state index contributed by atoms with van der Waals surface area (Å²) in [6.45, 7) is 1.96. The van der Waals surface area contributed by atoms with Crippen molar-refractivity contribution in [1.29, 1.82) is 0 Å². The number of amides is 1. The normalized spacial score (nSPS) is 15.7. The van der Waals surface area contributed by atoms with E-state index in [1.807, 2.05) is 38.2 Å². The van der Waals surface area contributed by atoms with Crippen LogP contribution in [-0.2, 0) is 16.0 Å². The highest BCUT2D eigenvalue weighted by Crippen LogP contribution is 2.33. The van der Waals surface area contributed by atoms with Crippen LogP contribution in [0.5, 0.6) is 0 Å². The maximum atomic E-state index is 12.6. The van der Waals surface area contributed by atoms with Crippen LogP contribution in [0.1, 0.15) is 70.2 Å². The van der Waals surface area contributed by atoms with Gasteiger partial charge in [-0.25, -0.2) is 0 Å². The third-order valence-electron chi connectivity index (χ3n) is 5.46. The van der Waals surface area contributed by atoms with Gasteiger partial charge in [0.2, 0.25) is 5.91 Å². The van der Waals surface area contributed by atoms with E-state index in [9.17, 15) is 14.4 Å². The van der Waals surface area contributed by atoms with Crippen LogP contribution in [0.3, 0.4) is 0 Å². The first-order valence-electron chi connectivity index (χ1n) is 9.90. The zero-order chi connectivity index (χ0) is 20.1. The second-order valence-electron chi connectivity index (χ2n) is 7.48. The van der Waals surface area contributed by atoms with Crippen molar-refractivity contribution in [2.45, 2.75) is 57.9 Å². The van der Waals surface area contributed by atoms with Crippen LogP contribution in [0.15, 0.2) is 36.4 Å². The number of carbonyl (C=O) groups is 3. The van der Waals surface area contributed by atoms with Gasteiger partial charge in [-0.2, -0.15) is 0 Å². The molecule has 0 spiro atoms. The van der Waals surface area contributed by atoms with Gasteiger partial charge in [-0.1, -0.05) is 24.3 Å². The van der Waals surface area contributed by atoms with Crippen LogP contribution >= 0.6 is 11.3 Å². The molecule has 0 saturated heterocycles. The van der Waals surface area contributed by atoms with Crippen molar-refractivity contribution in [3.05, 3.63) is 57.3 Å². The summed E-state index contributed by atoms with van der Waals surface area (Å²) in [6, 6.07) is 12.1. The van der Waals surface area contributed by atoms with Crippen LogP contribution in [0, 0.1) is 6.92 Å². The molecule has 1 aliphatic rings. The molecule has 1 amide bonds. The highest BCUT2D eigenvalue weighted by Gasteiger charge is 2.26. The number of hydrogen-bond acceptors (Lipinski definition) is 4. The largest absolute Gasteiger partial charge is 0.339 e. The molecule has 0 radical (unpaired) electrons. The molecule has 1 atom stereocenters. The molecule has 0 fully saturated rings. The Morgan fingerprint density at radius 1 is 1.04 bits per heavy atom. The van der Waals surface area contributed by atoms with Crippen LogP contribution in [0.2, 0.25) is 0 Å². The molecule has 1 aromatic carbocycles. The molecule has 0 unspecified atom stereocenters. The van der Waals surface area contributed by atoms with Gasteiger partial charge in [0.25, 0.3) is 0 Å². The Hall–Kier alpha value is -2.27. The van der Waals surface area contributed by atoms with Crippen molar-refractivity contribution in [3.63, 3.8) is 0 Å². The van der Waals surface area contributed by atoms with Gasteiger partial charge in [0.05, 0.1) is 10.9 Å². The number of carbonyl (C=O) groups excluding carboxylic acids is 3. The molecule has 4 nitrogen and oxygen atoms in total. The SMILES string of the molecule is Cc1ccc(C(=O)CCC(=O)CCC(=O)N(C)[C@H]2CCCc3ccccc32)s1. The molecule has 0 saturated carbocycles. The predicted molar refractivity (Wildman–Crippen MR) is 112 cm³/mol. The van der Waals surface area contributed by atoms with Gasteiger partial charge in [-0.15, -0.1) is 11.3 Å². The lowest BCUT2D eigenvalue weighted by Crippen LogP contribution is -2.33. The average Bonchev–Trinajstić information content (AvgIpc) is 3.15. The standard InChI is InChI=1S/C23H27NO3S/c1-16-10-14-22(28-16)21(26)13-11-18(25)12-15-23(27)24(2)20-9-5-7-17-6-3-4-8-19(17)20/h3-4,6,8,10,14,20H,5,7,9,11-13,15H2,1-2H3/t20-/m0/s1. The number of Topliss-reactive ketones (excluding diaryl/α,β-unsaturated/α-hetero) is 2. The highest BCUT2D eigenvalue weighted by molar-refractivity contribution is 7.14. The summed E-state index contributed by atoms with van der Waals surface area (Å²) in [5, 5.41) is 0. The fourth-order valence-electron chi connectivity index (χ4n) is 3.81. The molecule has 0 bridgehead atoms. The molecule has 148 valence electrons. The Kier molecular flexibility index (Phi) is 6.79. The smallest absolute Gasteiger partial charge is 0.223 e. The summed E-state index contributed by atoms with van der Waals surface area (Å²) >= 11 is 1.46. The van der Waals surface area contributed by atoms with E-state index in [2.05, 4.69) is 12.1 Å². The monoisotopic (exact) mass is 397 g/mol. The van der Waals surface area contributed by atoms with Gasteiger partial charge < -0.3 is 4.90 Å². The Labute approximate surface area is 170 Å². The van der Waals surface area contributed by atoms with Crippen molar-refractivity contribution < 1.29 is 14.4 Å². The fourth-order valence-corrected chi connectivity index (χ4v) is 4.65. The van der Waals surface area contributed by atoms with Gasteiger partial charge in [-0.3, -0.25) is 14.4 Å². The molecule has 28 heavy (non-hydrogen) atoms. The quantitative estimate of drug-likeness (QED) is 0.595. The van der Waals surface area contributed by atoms with E-state index >= 15 is 0 Å². The van der Waals surface area contributed by atoms with Crippen molar-refractivity contribution in [2.75, 3.05) is 7.05 Å². The van der Waals surface area contributed by atoms with E-state index in [1.165, 1.54) is 22.5 Å². The van der Waals surface area contributed by atoms with Gasteiger partial charge in [0.15, 0.2) is 5.78 Å². The molecule has 1 heterocycles. The van der Waals surface area contributed by atoms with Crippen molar-refractivity contribution in [3.8, 4) is 0 Å². The minimum Gasteiger partial charge on any atom is -0.339 e. The molecule has 3 rings (SSSR count). The number of rotatable bonds is 8. The molecule has 0 aliphatic heterocycles. The molecule has 2 aromatic rings. The Morgan fingerprint density at radius 3 is 2.54 bits per heavy atom. The number of hydrogen-bond donors (Lipinski definition) is 0. The van der Waals surface area contributed by atoms with E-state index in [-0.39, 0.29) is 49.2 Å². The fraction of sp³-hybridized carbons (Fsp3) is 0.435. The van der Waals surface area contributed by atoms with Gasteiger partial charge in [0.1, 0.15) is 5.78 Å². The van der Waals surface area contributed by atoms with E-state index in [4.69, 9.17) is 0 Å². The first kappa shape index (κ1) is 20.5. The van der Waals surface area contributed by atoms with Crippen LogP contribution in [0.25, 0.3) is 0 Å². The molecule has 5 heteroatoms. The van der Waals surface area contributed by atoms with E-state index in [1.54, 1.807) is 4.90 Å². The molecular weight excluding hydrogens is 370 g/mol. The maximum absolute atomic E-state index is 12.6. The summed E-state index contributed by atoms with van der Waals surface area (Å²) in [7, 11) is 1.84. The number of aryl methyl sites for hydroxylation is 2. The Bertz CT molecular complexity index is 870. The number of benzene rings is 1. The number of ketones is 2. The number of fused-ring (bicyclic) bond motifs is 1. The minimum absolute atomic E-state index is 0.00439. The van der Waals surface area contributed by atoms with Crippen LogP contribution < -0.4 is 0 Å². The van der Waals surface area contributed by atoms with Crippen LogP contribution in [-0.4, -0.2) is 29.4 Å². The lowest BCUT2D eigenvalue weighted by atomic mass is 9.87. The lowest BCUT2D eigenvalue weighted by Gasteiger charge is -2.33. The summed E-state index contributed by atoms with van der Waals surface area (Å²) in [5.41, 5.74) is 2.55. The molecule has 0 N–H and O–H groups in total. The summed E-state index contributed by atoms with van der Waals surface area (Å²) < 4.78 is 0. The van der Waals surface area contributed by atoms with Crippen molar-refractivity contribution in [1.82, 2.24) is 4.90 Å². The van der Waals surface area contributed by atoms with Gasteiger partial charge >= 0.3 is 0 Å². The van der Waals surface area contributed by atoms with Crippen molar-refractivity contribution >= 4 is 28.8 Å². The van der Waals surface area contributed by atoms with E-state index in [0.717, 1.165) is 24.1 Å². The summed E-state index contributed by atoms with van der Waals surface area (Å²) in [4.78, 5) is 40.5. The average molecular weight is 398 g/mol. The van der Waals surface area contributed by atoms with E-state index in [0.29, 0.717) is 4.88 Å². The first-order chi connectivity index (χ1) is 13.5. The van der Waals surface area contributed by atoms with Crippen molar-refractivity contribution in [2.24, 2.45) is 0 Å². The minimum atomic E-state index is -0.0209. The number of nitrogens with zero attached hydrogens (tertiary/aromatic N) is 1. The third kappa shape index (κ3) is 4.96. The lowest BCUT2D eigenvalue weighted by molar-refractivity contribution is -0.134. The van der Waals surface area contributed by atoms with Crippen LogP contribution in [0.4, 0.5) is 0 Å². The second kappa shape index (κ2) is 9.28. The van der Waals surface area contributed by atoms with E-state index < -0.39 is 0 Å². The topological polar surface area (TPSA) is 54.5 Å². The van der Waals surface area contributed by atoms with Gasteiger partial charge in [0, 0.05) is 37.6 Å². The Morgan fingerprint density at radius 2 is 1.79 bits per heavy atom. The summed E-state index contributed by atoms with van der Waals surface area (Å²) in [5.74, 6) is -0.0172. The maximum Gasteiger partial charge on any atom is 0.223 e. The zero-order valence-electron chi connectivity index (χ0n) is 16.6. The third-order valence-corrected chi connectivity index (χ3v) is 6.50. The molecular formula is C23H27NO3S. The first-order valence-corrected chi connectivity index (χ1v) is 10.7. The van der Waals surface area contributed by atoms with Gasteiger partial charge in [-0.05, 0) is 49.4 Å². The molecule has 1 aliphatic carbocycles. The number of thiophene rings is 1. The highest BCUT2D eigenvalue weighted by atomic mass is 32.1.